The van der Waals surface area contributed by atoms with Crippen LogP contribution in [0.15, 0.2) is 24.3 Å². The van der Waals surface area contributed by atoms with Gasteiger partial charge < -0.3 is 5.32 Å². The van der Waals surface area contributed by atoms with Crippen LogP contribution in [0.2, 0.25) is 5.02 Å². The molecule has 0 radical (unpaired) electrons. The molecular weight excluding hydrogens is 264 g/mol. The van der Waals surface area contributed by atoms with Gasteiger partial charge in [0.15, 0.2) is 5.78 Å². The third kappa shape index (κ3) is 4.04. The number of benzene rings is 1. The van der Waals surface area contributed by atoms with Crippen molar-refractivity contribution in [2.75, 3.05) is 19.6 Å². The molecule has 1 unspecified atom stereocenters. The summed E-state index contributed by atoms with van der Waals surface area (Å²) in [5.74, 6) is 0.0658. The second kappa shape index (κ2) is 6.17. The van der Waals surface area contributed by atoms with Crippen molar-refractivity contribution in [3.63, 3.8) is 0 Å². The van der Waals surface area contributed by atoms with Gasteiger partial charge in [-0.3, -0.25) is 14.5 Å². The minimum absolute atomic E-state index is 0.0177. The second-order valence-corrected chi connectivity index (χ2v) is 5.29. The number of hydrogen-bond acceptors (Lipinski definition) is 3. The number of ketones is 1. The predicted molar refractivity (Wildman–Crippen MR) is 74.4 cm³/mol. The molecule has 0 aromatic heterocycles. The molecule has 2 rings (SSSR count). The Morgan fingerprint density at radius 2 is 2.05 bits per heavy atom. The van der Waals surface area contributed by atoms with Crippen LogP contribution >= 0.6 is 11.6 Å². The molecule has 1 N–H and O–H groups in total. The molecule has 1 aliphatic rings. The molecular formula is C14H17ClN2O2. The van der Waals surface area contributed by atoms with Gasteiger partial charge >= 0.3 is 0 Å². The van der Waals surface area contributed by atoms with Crippen LogP contribution < -0.4 is 5.32 Å². The van der Waals surface area contributed by atoms with Crippen molar-refractivity contribution in [3.8, 4) is 0 Å². The Labute approximate surface area is 117 Å². The van der Waals surface area contributed by atoms with Crippen molar-refractivity contribution in [2.45, 2.75) is 19.4 Å². The number of carbonyl (C=O) groups excluding carboxylic acids is 2. The van der Waals surface area contributed by atoms with Crippen molar-refractivity contribution in [1.29, 1.82) is 0 Å². The van der Waals surface area contributed by atoms with Crippen molar-refractivity contribution in [2.24, 2.45) is 0 Å². The first-order chi connectivity index (χ1) is 9.04. The van der Waals surface area contributed by atoms with Crippen molar-refractivity contribution in [1.82, 2.24) is 10.2 Å². The highest BCUT2D eigenvalue weighted by Crippen LogP contribution is 2.13. The molecule has 19 heavy (non-hydrogen) atoms. The van der Waals surface area contributed by atoms with Gasteiger partial charge in [0.05, 0.1) is 6.54 Å². The van der Waals surface area contributed by atoms with Crippen molar-refractivity contribution >= 4 is 23.3 Å². The van der Waals surface area contributed by atoms with E-state index >= 15 is 0 Å². The smallest absolute Gasteiger partial charge is 0.217 e. The summed E-state index contributed by atoms with van der Waals surface area (Å²) in [5, 5.41) is 3.51. The average molecular weight is 281 g/mol. The van der Waals surface area contributed by atoms with E-state index in [1.165, 1.54) is 6.92 Å². The Kier molecular flexibility index (Phi) is 4.56. The fourth-order valence-electron chi connectivity index (χ4n) is 2.31. The summed E-state index contributed by atoms with van der Waals surface area (Å²) in [7, 11) is 0. The van der Waals surface area contributed by atoms with Crippen LogP contribution in [0.1, 0.15) is 23.7 Å². The number of likely N-dealkylation sites (tertiary alicyclic amines) is 1. The third-order valence-corrected chi connectivity index (χ3v) is 3.47. The highest BCUT2D eigenvalue weighted by atomic mass is 35.5. The number of amides is 1. The first-order valence-electron chi connectivity index (χ1n) is 6.33. The van der Waals surface area contributed by atoms with Gasteiger partial charge in [-0.1, -0.05) is 11.6 Å². The molecule has 0 aliphatic carbocycles. The summed E-state index contributed by atoms with van der Waals surface area (Å²) in [6, 6.07) is 7.09. The lowest BCUT2D eigenvalue weighted by molar-refractivity contribution is -0.119. The summed E-state index contributed by atoms with van der Waals surface area (Å²) >= 11 is 5.79. The summed E-state index contributed by atoms with van der Waals surface area (Å²) in [6.45, 7) is 3.47. The Morgan fingerprint density at radius 3 is 2.68 bits per heavy atom. The quantitative estimate of drug-likeness (QED) is 0.855. The molecule has 1 amide bonds. The zero-order valence-electron chi connectivity index (χ0n) is 10.9. The van der Waals surface area contributed by atoms with E-state index in [0.29, 0.717) is 17.1 Å². The topological polar surface area (TPSA) is 49.4 Å². The van der Waals surface area contributed by atoms with Gasteiger partial charge in [-0.05, 0) is 30.7 Å². The zero-order chi connectivity index (χ0) is 13.8. The molecule has 5 heteroatoms. The minimum Gasteiger partial charge on any atom is -0.352 e. The number of nitrogens with zero attached hydrogens (tertiary/aromatic N) is 1. The van der Waals surface area contributed by atoms with Crippen LogP contribution in [-0.2, 0) is 4.79 Å². The second-order valence-electron chi connectivity index (χ2n) is 4.85. The molecule has 0 spiro atoms. The van der Waals surface area contributed by atoms with E-state index in [9.17, 15) is 9.59 Å². The Hall–Kier alpha value is -1.39. The summed E-state index contributed by atoms with van der Waals surface area (Å²) in [5.41, 5.74) is 0.673. The van der Waals surface area contributed by atoms with E-state index < -0.39 is 0 Å². The number of Topliss-reactive ketones (excluding diaryl/α,β-unsaturated/α-hetero) is 1. The maximum atomic E-state index is 12.1. The summed E-state index contributed by atoms with van der Waals surface area (Å²) in [6.07, 6.45) is 0.896. The SMILES string of the molecule is CC(=O)NC1CCN(CC(=O)c2ccc(Cl)cc2)C1. The van der Waals surface area contributed by atoms with E-state index in [-0.39, 0.29) is 17.7 Å². The van der Waals surface area contributed by atoms with Crippen LogP contribution in [-0.4, -0.2) is 42.3 Å². The van der Waals surface area contributed by atoms with Gasteiger partial charge in [-0.25, -0.2) is 0 Å². The molecule has 1 fully saturated rings. The molecule has 102 valence electrons. The number of rotatable bonds is 4. The first kappa shape index (κ1) is 14.0. The maximum absolute atomic E-state index is 12.1. The van der Waals surface area contributed by atoms with Crippen LogP contribution in [0.5, 0.6) is 0 Å². The normalized spacial score (nSPS) is 19.4. The minimum atomic E-state index is -0.0177. The number of nitrogens with one attached hydrogen (secondary N) is 1. The lowest BCUT2D eigenvalue weighted by atomic mass is 10.1. The molecule has 1 aromatic rings. The monoisotopic (exact) mass is 280 g/mol. The fraction of sp³-hybridized carbons (Fsp3) is 0.429. The van der Waals surface area contributed by atoms with Crippen LogP contribution in [0.4, 0.5) is 0 Å². The van der Waals surface area contributed by atoms with Gasteiger partial charge in [0.2, 0.25) is 5.91 Å². The largest absolute Gasteiger partial charge is 0.352 e. The number of carbonyl (C=O) groups is 2. The van der Waals surface area contributed by atoms with Gasteiger partial charge in [0.25, 0.3) is 0 Å². The predicted octanol–water partition coefficient (Wildman–Crippen LogP) is 1.73. The first-order valence-corrected chi connectivity index (χ1v) is 6.70. The Morgan fingerprint density at radius 1 is 1.37 bits per heavy atom. The van der Waals surface area contributed by atoms with E-state index in [1.54, 1.807) is 24.3 Å². The maximum Gasteiger partial charge on any atom is 0.217 e. The number of hydrogen-bond donors (Lipinski definition) is 1. The van der Waals surface area contributed by atoms with Gasteiger partial charge in [0.1, 0.15) is 0 Å². The molecule has 1 aliphatic heterocycles. The average Bonchev–Trinajstić information content (AvgIpc) is 2.76. The van der Waals surface area contributed by atoms with Crippen molar-refractivity contribution in [3.05, 3.63) is 34.9 Å². The molecule has 1 aromatic carbocycles. The van der Waals surface area contributed by atoms with Crippen LogP contribution in [0.25, 0.3) is 0 Å². The fourth-order valence-corrected chi connectivity index (χ4v) is 2.44. The molecule has 0 bridgehead atoms. The highest BCUT2D eigenvalue weighted by Gasteiger charge is 2.24. The molecule has 1 saturated heterocycles. The Balaban J connectivity index is 1.87. The lowest BCUT2D eigenvalue weighted by Gasteiger charge is -2.15. The van der Waals surface area contributed by atoms with E-state index in [0.717, 1.165) is 19.5 Å². The third-order valence-electron chi connectivity index (χ3n) is 3.21. The molecule has 1 heterocycles. The van der Waals surface area contributed by atoms with E-state index in [2.05, 4.69) is 10.2 Å². The van der Waals surface area contributed by atoms with E-state index in [1.807, 2.05) is 0 Å². The molecule has 1 atom stereocenters. The standard InChI is InChI=1S/C14H17ClN2O2/c1-10(18)16-13-6-7-17(8-13)9-14(19)11-2-4-12(15)5-3-11/h2-5,13H,6-9H2,1H3,(H,16,18). The molecule has 0 saturated carbocycles. The van der Waals surface area contributed by atoms with Crippen LogP contribution in [0, 0.1) is 0 Å². The highest BCUT2D eigenvalue weighted by molar-refractivity contribution is 6.30. The summed E-state index contributed by atoms with van der Waals surface area (Å²) in [4.78, 5) is 25.1. The molecule has 4 nitrogen and oxygen atoms in total. The lowest BCUT2D eigenvalue weighted by Crippen LogP contribution is -2.36. The summed E-state index contributed by atoms with van der Waals surface area (Å²) < 4.78 is 0. The van der Waals surface area contributed by atoms with Crippen molar-refractivity contribution < 1.29 is 9.59 Å². The van der Waals surface area contributed by atoms with Gasteiger partial charge in [0, 0.05) is 36.6 Å². The van der Waals surface area contributed by atoms with Crippen LogP contribution in [0.3, 0.4) is 0 Å². The van der Waals surface area contributed by atoms with E-state index in [4.69, 9.17) is 11.6 Å². The van der Waals surface area contributed by atoms with Gasteiger partial charge in [-0.15, -0.1) is 0 Å². The van der Waals surface area contributed by atoms with Gasteiger partial charge in [-0.2, -0.15) is 0 Å². The Bertz CT molecular complexity index is 473. The number of halogens is 1. The zero-order valence-corrected chi connectivity index (χ0v) is 11.6.